The Bertz CT molecular complexity index is 417. The molecule has 4 nitrogen and oxygen atoms in total. The smallest absolute Gasteiger partial charge is 0.144 e. The summed E-state index contributed by atoms with van der Waals surface area (Å²) in [5.74, 6) is 1.12. The molecule has 0 aromatic rings. The lowest BCUT2D eigenvalue weighted by Crippen LogP contribution is -2.37. The van der Waals surface area contributed by atoms with E-state index in [9.17, 15) is 0 Å². The first kappa shape index (κ1) is 16.6. The van der Waals surface area contributed by atoms with Crippen molar-refractivity contribution < 1.29 is 9.94 Å². The molecule has 0 aromatic carbocycles. The van der Waals surface area contributed by atoms with Gasteiger partial charge in [-0.15, -0.1) is 0 Å². The van der Waals surface area contributed by atoms with Gasteiger partial charge in [0.15, 0.2) is 0 Å². The molecule has 4 heteroatoms. The maximum absolute atomic E-state index is 8.79. The van der Waals surface area contributed by atoms with E-state index in [0.29, 0.717) is 22.8 Å². The van der Waals surface area contributed by atoms with E-state index in [-0.39, 0.29) is 5.41 Å². The fourth-order valence-electron chi connectivity index (χ4n) is 4.39. The van der Waals surface area contributed by atoms with Crippen LogP contribution in [0.4, 0.5) is 0 Å². The van der Waals surface area contributed by atoms with Gasteiger partial charge in [-0.2, -0.15) is 0 Å². The Balaban J connectivity index is 1.81. The Labute approximate surface area is 129 Å². The molecule has 0 saturated heterocycles. The highest BCUT2D eigenvalue weighted by Crippen LogP contribution is 2.66. The number of fused-ring (bicyclic) bond motifs is 2. The van der Waals surface area contributed by atoms with Gasteiger partial charge in [-0.25, -0.2) is 0 Å². The summed E-state index contributed by atoms with van der Waals surface area (Å²) in [4.78, 5) is 0. The molecular formula is C17H32N2O2. The van der Waals surface area contributed by atoms with Crippen molar-refractivity contribution in [3.63, 3.8) is 0 Å². The van der Waals surface area contributed by atoms with Crippen molar-refractivity contribution in [2.45, 2.75) is 72.8 Å². The normalized spacial score (nSPS) is 35.4. The molecule has 122 valence electrons. The number of nitrogens with zero attached hydrogens (tertiary/aromatic N) is 1. The number of nitrogens with two attached hydrogens (primary N) is 1. The molecule has 0 aliphatic heterocycles. The highest BCUT2D eigenvalue weighted by molar-refractivity contribution is 5.85. The largest absolute Gasteiger partial charge is 0.409 e. The summed E-state index contributed by atoms with van der Waals surface area (Å²) in [7, 11) is 0. The minimum Gasteiger partial charge on any atom is -0.409 e. The highest BCUT2D eigenvalue weighted by atomic mass is 16.5. The van der Waals surface area contributed by atoms with Crippen LogP contribution in [0.15, 0.2) is 5.16 Å². The average Bonchev–Trinajstić information content (AvgIpc) is 2.75. The molecular weight excluding hydrogens is 264 g/mol. The predicted molar refractivity (Wildman–Crippen MR) is 85.4 cm³/mol. The Hall–Kier alpha value is -0.770. The van der Waals surface area contributed by atoms with E-state index < -0.39 is 0 Å². The fraction of sp³-hybridized carbons (Fsp3) is 0.941. The van der Waals surface area contributed by atoms with E-state index in [0.717, 1.165) is 25.4 Å². The van der Waals surface area contributed by atoms with Crippen LogP contribution in [0.5, 0.6) is 0 Å². The van der Waals surface area contributed by atoms with Crippen molar-refractivity contribution in [3.05, 3.63) is 0 Å². The van der Waals surface area contributed by atoms with Gasteiger partial charge in [0.1, 0.15) is 5.84 Å². The lowest BCUT2D eigenvalue weighted by atomic mass is 9.70. The van der Waals surface area contributed by atoms with Gasteiger partial charge in [-0.05, 0) is 48.9 Å². The van der Waals surface area contributed by atoms with Crippen LogP contribution < -0.4 is 5.73 Å². The molecule has 2 rings (SSSR count). The lowest BCUT2D eigenvalue weighted by molar-refractivity contribution is -0.0484. The van der Waals surface area contributed by atoms with Gasteiger partial charge in [0.05, 0.1) is 6.10 Å². The maximum atomic E-state index is 8.79. The van der Waals surface area contributed by atoms with E-state index in [2.05, 4.69) is 25.9 Å². The minimum atomic E-state index is -0.268. The molecule has 0 aromatic heterocycles. The van der Waals surface area contributed by atoms with Crippen molar-refractivity contribution in [2.75, 3.05) is 6.61 Å². The number of rotatable bonds is 6. The Morgan fingerprint density at radius 1 is 1.38 bits per heavy atom. The SMILES string of the molecule is CC(C)(CCCOC1CC2CCC1(C)C2(C)C)C(N)=NO. The molecule has 0 spiro atoms. The van der Waals surface area contributed by atoms with Gasteiger partial charge < -0.3 is 15.7 Å². The summed E-state index contributed by atoms with van der Waals surface area (Å²) in [6.45, 7) is 12.0. The van der Waals surface area contributed by atoms with Crippen LogP contribution in [0.1, 0.15) is 66.7 Å². The molecule has 2 saturated carbocycles. The summed E-state index contributed by atoms with van der Waals surface area (Å²) in [5, 5.41) is 11.9. The van der Waals surface area contributed by atoms with Crippen LogP contribution in [0, 0.1) is 22.2 Å². The summed E-state index contributed by atoms with van der Waals surface area (Å²) in [5.41, 5.74) is 6.19. The average molecular weight is 296 g/mol. The quantitative estimate of drug-likeness (QED) is 0.258. The van der Waals surface area contributed by atoms with Gasteiger partial charge >= 0.3 is 0 Å². The monoisotopic (exact) mass is 296 g/mol. The Morgan fingerprint density at radius 3 is 2.52 bits per heavy atom. The molecule has 3 N–H and O–H groups in total. The molecule has 3 unspecified atom stereocenters. The minimum absolute atomic E-state index is 0.268. The second kappa shape index (κ2) is 5.45. The third-order valence-corrected chi connectivity index (χ3v) is 6.78. The molecule has 2 aliphatic rings. The molecule has 21 heavy (non-hydrogen) atoms. The van der Waals surface area contributed by atoms with Gasteiger partial charge in [0.2, 0.25) is 0 Å². The van der Waals surface area contributed by atoms with Crippen molar-refractivity contribution in [1.29, 1.82) is 0 Å². The first-order chi connectivity index (χ1) is 9.65. The van der Waals surface area contributed by atoms with Gasteiger partial charge in [0.25, 0.3) is 0 Å². The highest BCUT2D eigenvalue weighted by Gasteiger charge is 2.61. The van der Waals surface area contributed by atoms with E-state index in [1.54, 1.807) is 0 Å². The van der Waals surface area contributed by atoms with E-state index in [1.165, 1.54) is 19.3 Å². The summed E-state index contributed by atoms with van der Waals surface area (Å²) in [6, 6.07) is 0. The first-order valence-electron chi connectivity index (χ1n) is 8.25. The first-order valence-corrected chi connectivity index (χ1v) is 8.25. The number of oxime groups is 1. The van der Waals surface area contributed by atoms with Crippen molar-refractivity contribution in [3.8, 4) is 0 Å². The lowest BCUT2D eigenvalue weighted by Gasteiger charge is -2.39. The predicted octanol–water partition coefficient (Wildman–Crippen LogP) is 3.77. The molecule has 3 atom stereocenters. The van der Waals surface area contributed by atoms with Crippen LogP contribution in [0.3, 0.4) is 0 Å². The molecule has 2 fully saturated rings. The molecule has 0 heterocycles. The summed E-state index contributed by atoms with van der Waals surface area (Å²) < 4.78 is 6.24. The van der Waals surface area contributed by atoms with Crippen LogP contribution in [0.2, 0.25) is 0 Å². The zero-order chi connectivity index (χ0) is 15.9. The van der Waals surface area contributed by atoms with Crippen molar-refractivity contribution in [2.24, 2.45) is 33.1 Å². The van der Waals surface area contributed by atoms with Gasteiger partial charge in [0, 0.05) is 12.0 Å². The fourth-order valence-corrected chi connectivity index (χ4v) is 4.39. The zero-order valence-electron chi connectivity index (χ0n) is 14.3. The summed E-state index contributed by atoms with van der Waals surface area (Å²) >= 11 is 0. The van der Waals surface area contributed by atoms with Crippen LogP contribution >= 0.6 is 0 Å². The molecule has 0 radical (unpaired) electrons. The number of ether oxygens (including phenoxy) is 1. The second-order valence-corrected chi connectivity index (χ2v) is 8.44. The van der Waals surface area contributed by atoms with E-state index in [1.807, 2.05) is 13.8 Å². The van der Waals surface area contributed by atoms with E-state index in [4.69, 9.17) is 15.7 Å². The van der Waals surface area contributed by atoms with Gasteiger partial charge in [-0.3, -0.25) is 0 Å². The Kier molecular flexibility index (Phi) is 4.31. The second-order valence-electron chi connectivity index (χ2n) is 8.44. The standard InChI is InChI=1S/C17H32N2O2/c1-15(2,14(18)19-20)8-6-10-21-13-11-12-7-9-17(13,5)16(12,3)4/h12-13,20H,6-11H2,1-5H3,(H2,18,19). The maximum Gasteiger partial charge on any atom is 0.144 e. The van der Waals surface area contributed by atoms with Gasteiger partial charge in [-0.1, -0.05) is 39.8 Å². The zero-order valence-corrected chi connectivity index (χ0v) is 14.3. The molecule has 0 amide bonds. The number of hydrogen-bond acceptors (Lipinski definition) is 3. The van der Waals surface area contributed by atoms with Crippen LogP contribution in [0.25, 0.3) is 0 Å². The Morgan fingerprint density at radius 2 is 2.05 bits per heavy atom. The van der Waals surface area contributed by atoms with Crippen LogP contribution in [-0.2, 0) is 4.74 Å². The number of amidine groups is 1. The molecule has 2 bridgehead atoms. The van der Waals surface area contributed by atoms with Crippen molar-refractivity contribution >= 4 is 5.84 Å². The third kappa shape index (κ3) is 2.67. The topological polar surface area (TPSA) is 67.8 Å². The van der Waals surface area contributed by atoms with E-state index >= 15 is 0 Å². The summed E-state index contributed by atoms with van der Waals surface area (Å²) in [6.07, 6.45) is 6.09. The number of hydrogen-bond donors (Lipinski definition) is 2. The van der Waals surface area contributed by atoms with Crippen LogP contribution in [-0.4, -0.2) is 23.8 Å². The molecule has 2 aliphatic carbocycles. The van der Waals surface area contributed by atoms with Crippen molar-refractivity contribution in [1.82, 2.24) is 0 Å². The third-order valence-electron chi connectivity index (χ3n) is 6.78.